The van der Waals surface area contributed by atoms with E-state index in [0.29, 0.717) is 9.15 Å². The molecule has 0 aliphatic heterocycles. The first-order chi connectivity index (χ1) is 11.2. The van der Waals surface area contributed by atoms with Crippen molar-refractivity contribution in [3.05, 3.63) is 46.2 Å². The van der Waals surface area contributed by atoms with E-state index in [0.717, 1.165) is 12.3 Å². The number of sulfonamides is 1. The molecular weight excluding hydrogens is 410 g/mol. The molecule has 0 unspecified atom stereocenters. The van der Waals surface area contributed by atoms with Crippen molar-refractivity contribution in [1.29, 1.82) is 5.26 Å². The Morgan fingerprint density at radius 3 is 2.71 bits per heavy atom. The highest BCUT2D eigenvalue weighted by molar-refractivity contribution is 9.10. The molecule has 126 valence electrons. The van der Waals surface area contributed by atoms with Gasteiger partial charge in [-0.2, -0.15) is 19.1 Å². The minimum Gasteiger partial charge on any atom is -0.274 e. The second-order valence-corrected chi connectivity index (χ2v) is 7.16. The summed E-state index contributed by atoms with van der Waals surface area (Å²) in [5, 5.41) is 12.3. The van der Waals surface area contributed by atoms with Crippen molar-refractivity contribution in [3.8, 4) is 6.07 Å². The van der Waals surface area contributed by atoms with Gasteiger partial charge < -0.3 is 0 Å². The van der Waals surface area contributed by atoms with E-state index < -0.39 is 28.9 Å². The first-order valence-corrected chi connectivity index (χ1v) is 8.57. The smallest absolute Gasteiger partial charge is 0.274 e. The fourth-order valence-electron chi connectivity index (χ4n) is 1.77. The highest BCUT2D eigenvalue weighted by atomic mass is 79.9. The summed E-state index contributed by atoms with van der Waals surface area (Å²) in [7, 11) is -4.21. The minimum atomic E-state index is -4.21. The number of carbonyl (C=O) groups is 1. The van der Waals surface area contributed by atoms with Crippen LogP contribution in [0.5, 0.6) is 0 Å². The van der Waals surface area contributed by atoms with Crippen LogP contribution in [-0.4, -0.2) is 24.1 Å². The Kier molecular flexibility index (Phi) is 5.30. The lowest BCUT2D eigenvalue weighted by atomic mass is 10.2. The number of amides is 1. The Morgan fingerprint density at radius 1 is 1.42 bits per heavy atom. The van der Waals surface area contributed by atoms with Crippen molar-refractivity contribution in [1.82, 2.24) is 14.5 Å². The number of benzene rings is 1. The maximum Gasteiger partial charge on any atom is 0.333 e. The molecule has 24 heavy (non-hydrogen) atoms. The summed E-state index contributed by atoms with van der Waals surface area (Å²) in [6.45, 7) is -2.85. The zero-order chi connectivity index (χ0) is 17.9. The first kappa shape index (κ1) is 18.0. The lowest BCUT2D eigenvalue weighted by molar-refractivity contribution is -0.118. The van der Waals surface area contributed by atoms with E-state index in [1.165, 1.54) is 18.2 Å². The van der Waals surface area contributed by atoms with Crippen LogP contribution in [0.1, 0.15) is 17.8 Å². The second kappa shape index (κ2) is 7.06. The molecule has 1 aromatic carbocycles. The summed E-state index contributed by atoms with van der Waals surface area (Å²) in [6.07, 6.45) is 0.493. The summed E-state index contributed by atoms with van der Waals surface area (Å²) < 4.78 is 51.6. The van der Waals surface area contributed by atoms with Gasteiger partial charge in [-0.05, 0) is 24.3 Å². The third kappa shape index (κ3) is 4.36. The Balaban J connectivity index is 2.15. The zero-order valence-corrected chi connectivity index (χ0v) is 14.2. The number of rotatable bonds is 5. The molecule has 0 spiro atoms. The number of carbonyl (C=O) groups excluding carboxylic acids is 1. The van der Waals surface area contributed by atoms with Crippen LogP contribution in [0.2, 0.25) is 0 Å². The predicted octanol–water partition coefficient (Wildman–Crippen LogP) is 1.96. The maximum atomic E-state index is 12.4. The Hall–Kier alpha value is -2.32. The van der Waals surface area contributed by atoms with E-state index in [-0.39, 0.29) is 16.2 Å². The van der Waals surface area contributed by atoms with Crippen molar-refractivity contribution in [2.45, 2.75) is 17.9 Å². The average molecular weight is 419 g/mol. The lowest BCUT2D eigenvalue weighted by Crippen LogP contribution is -2.32. The largest absolute Gasteiger partial charge is 0.333 e. The second-order valence-electron chi connectivity index (χ2n) is 4.56. The van der Waals surface area contributed by atoms with Crippen LogP contribution in [0.3, 0.4) is 0 Å². The molecule has 2 rings (SSSR count). The number of nitriles is 1. The van der Waals surface area contributed by atoms with Gasteiger partial charge in [0.1, 0.15) is 0 Å². The quantitative estimate of drug-likeness (QED) is 0.798. The maximum absolute atomic E-state index is 12.4. The molecule has 7 nitrogen and oxygen atoms in total. The molecule has 2 aromatic rings. The standard InChI is InChI=1S/C13H9BrF2N4O3S/c14-9-3-8(7-17)4-11(5-9)24(22,23)19-12(21)6-10-1-2-20(18-10)13(15)16/h1-5,13H,6H2,(H,19,21). The van der Waals surface area contributed by atoms with Crippen LogP contribution in [0.4, 0.5) is 8.78 Å². The van der Waals surface area contributed by atoms with Crippen molar-refractivity contribution in [3.63, 3.8) is 0 Å². The van der Waals surface area contributed by atoms with Crippen LogP contribution >= 0.6 is 15.9 Å². The van der Waals surface area contributed by atoms with Crippen molar-refractivity contribution >= 4 is 31.9 Å². The molecule has 0 atom stereocenters. The molecule has 0 radical (unpaired) electrons. The molecule has 1 N–H and O–H groups in total. The number of nitrogens with one attached hydrogen (secondary N) is 1. The molecular formula is C13H9BrF2N4O3S. The molecule has 1 aromatic heterocycles. The van der Waals surface area contributed by atoms with Crippen LogP contribution in [0.25, 0.3) is 0 Å². The Bertz CT molecular complexity index is 922. The number of halogens is 3. The molecule has 0 aliphatic rings. The Morgan fingerprint density at radius 2 is 2.12 bits per heavy atom. The van der Waals surface area contributed by atoms with E-state index in [2.05, 4.69) is 21.0 Å². The molecule has 0 aliphatic carbocycles. The monoisotopic (exact) mass is 418 g/mol. The van der Waals surface area contributed by atoms with E-state index >= 15 is 0 Å². The van der Waals surface area contributed by atoms with Gasteiger partial charge in [0.25, 0.3) is 10.0 Å². The molecule has 0 bridgehead atoms. The molecule has 11 heteroatoms. The summed E-state index contributed by atoms with van der Waals surface area (Å²) in [5.74, 6) is -0.937. The fourth-order valence-corrected chi connectivity index (χ4v) is 3.47. The van der Waals surface area contributed by atoms with E-state index in [1.807, 2.05) is 0 Å². The SMILES string of the molecule is N#Cc1cc(Br)cc(S(=O)(=O)NC(=O)Cc2ccn(C(F)F)n2)c1. The normalized spacial score (nSPS) is 11.3. The third-order valence-electron chi connectivity index (χ3n) is 2.76. The molecule has 0 saturated heterocycles. The van der Waals surface area contributed by atoms with Gasteiger partial charge in [0, 0.05) is 10.7 Å². The summed E-state index contributed by atoms with van der Waals surface area (Å²) in [6, 6.07) is 6.72. The Labute approximate surface area is 144 Å². The minimum absolute atomic E-state index is 0.00467. The average Bonchev–Trinajstić information content (AvgIpc) is 2.94. The van der Waals surface area contributed by atoms with E-state index in [4.69, 9.17) is 5.26 Å². The van der Waals surface area contributed by atoms with Crippen molar-refractivity contribution < 1.29 is 22.0 Å². The highest BCUT2D eigenvalue weighted by Crippen LogP contribution is 2.19. The fraction of sp³-hybridized carbons (Fsp3) is 0.154. The summed E-state index contributed by atoms with van der Waals surface area (Å²) in [4.78, 5) is 11.5. The topological polar surface area (TPSA) is 105 Å². The summed E-state index contributed by atoms with van der Waals surface area (Å²) in [5.41, 5.74) is 0.0860. The number of nitrogens with zero attached hydrogens (tertiary/aromatic N) is 3. The lowest BCUT2D eigenvalue weighted by Gasteiger charge is -2.07. The molecule has 0 fully saturated rings. The van der Waals surface area contributed by atoms with Gasteiger partial charge in [-0.1, -0.05) is 15.9 Å². The van der Waals surface area contributed by atoms with Crippen LogP contribution in [0.15, 0.2) is 39.8 Å². The van der Waals surface area contributed by atoms with Gasteiger partial charge in [-0.25, -0.2) is 17.8 Å². The van der Waals surface area contributed by atoms with E-state index in [9.17, 15) is 22.0 Å². The summed E-state index contributed by atoms with van der Waals surface area (Å²) >= 11 is 3.07. The van der Waals surface area contributed by atoms with Gasteiger partial charge in [0.05, 0.1) is 28.6 Å². The predicted molar refractivity (Wildman–Crippen MR) is 81.4 cm³/mol. The van der Waals surface area contributed by atoms with Crippen LogP contribution < -0.4 is 4.72 Å². The first-order valence-electron chi connectivity index (χ1n) is 6.30. The van der Waals surface area contributed by atoms with Gasteiger partial charge in [0.15, 0.2) is 0 Å². The van der Waals surface area contributed by atoms with Gasteiger partial charge in [-0.3, -0.25) is 4.79 Å². The van der Waals surface area contributed by atoms with E-state index in [1.54, 1.807) is 10.8 Å². The van der Waals surface area contributed by atoms with Crippen LogP contribution in [0, 0.1) is 11.3 Å². The van der Waals surface area contributed by atoms with Gasteiger partial charge in [-0.15, -0.1) is 0 Å². The highest BCUT2D eigenvalue weighted by Gasteiger charge is 2.20. The van der Waals surface area contributed by atoms with Crippen molar-refractivity contribution in [2.24, 2.45) is 0 Å². The molecule has 1 heterocycles. The number of hydrogen-bond donors (Lipinski definition) is 1. The molecule has 0 saturated carbocycles. The van der Waals surface area contributed by atoms with Crippen LogP contribution in [-0.2, 0) is 21.2 Å². The zero-order valence-electron chi connectivity index (χ0n) is 11.8. The molecule has 1 amide bonds. The third-order valence-corrected chi connectivity index (χ3v) is 4.57. The van der Waals surface area contributed by atoms with Crippen molar-refractivity contribution in [2.75, 3.05) is 0 Å². The number of alkyl halides is 2. The number of aromatic nitrogens is 2. The van der Waals surface area contributed by atoms with Gasteiger partial charge in [0.2, 0.25) is 5.91 Å². The van der Waals surface area contributed by atoms with Gasteiger partial charge >= 0.3 is 6.55 Å². The number of hydrogen-bond acceptors (Lipinski definition) is 5.